The summed E-state index contributed by atoms with van der Waals surface area (Å²) in [7, 11) is -3.14. The van der Waals surface area contributed by atoms with E-state index in [2.05, 4.69) is 15.5 Å². The first-order valence-corrected chi connectivity index (χ1v) is 14.6. The SMILES string of the molecule is CC[C@H](NC(=O)C1CCS(=O)(=O)C1)[C@H](O)CN1C[C@H]2CCS[C@H]2C[C@H]1C(=O)NC(C)(C)C. The Hall–Kier alpha value is -0.840. The van der Waals surface area contributed by atoms with Gasteiger partial charge in [0, 0.05) is 23.9 Å². The first-order valence-electron chi connectivity index (χ1n) is 11.7. The van der Waals surface area contributed by atoms with E-state index in [9.17, 15) is 23.1 Å². The van der Waals surface area contributed by atoms with Crippen molar-refractivity contribution in [2.24, 2.45) is 11.8 Å². The second-order valence-corrected chi connectivity index (χ2v) is 14.2. The van der Waals surface area contributed by atoms with Crippen molar-refractivity contribution >= 4 is 33.4 Å². The van der Waals surface area contributed by atoms with Crippen LogP contribution in [-0.2, 0) is 19.4 Å². The summed E-state index contributed by atoms with van der Waals surface area (Å²) < 4.78 is 23.4. The van der Waals surface area contributed by atoms with Crippen LogP contribution in [0.2, 0.25) is 0 Å². The number of thioether (sulfide) groups is 1. The maximum Gasteiger partial charge on any atom is 0.237 e. The molecule has 2 amide bonds. The number of β-amino-alcohol motifs (C(OH)–C–C–N with tert-alkyl or cyclic N) is 1. The Kier molecular flexibility index (Phi) is 8.21. The fourth-order valence-electron chi connectivity index (χ4n) is 5.03. The molecule has 3 saturated heterocycles. The lowest BCUT2D eigenvalue weighted by atomic mass is 9.89. The molecule has 3 heterocycles. The van der Waals surface area contributed by atoms with Crippen molar-refractivity contribution in [1.29, 1.82) is 0 Å². The maximum absolute atomic E-state index is 13.1. The van der Waals surface area contributed by atoms with Crippen LogP contribution in [0.1, 0.15) is 53.4 Å². The smallest absolute Gasteiger partial charge is 0.237 e. The molecule has 0 aliphatic carbocycles. The van der Waals surface area contributed by atoms with Crippen LogP contribution in [0.25, 0.3) is 0 Å². The van der Waals surface area contributed by atoms with Gasteiger partial charge in [0.25, 0.3) is 0 Å². The monoisotopic (exact) mass is 489 g/mol. The molecule has 0 aromatic carbocycles. The van der Waals surface area contributed by atoms with E-state index >= 15 is 0 Å². The Morgan fingerprint density at radius 1 is 1.22 bits per heavy atom. The summed E-state index contributed by atoms with van der Waals surface area (Å²) in [6, 6.07) is -0.781. The van der Waals surface area contributed by atoms with Gasteiger partial charge in [-0.2, -0.15) is 11.8 Å². The highest BCUT2D eigenvalue weighted by Gasteiger charge is 2.43. The Balaban J connectivity index is 1.65. The normalized spacial score (nSPS) is 32.2. The topological polar surface area (TPSA) is 116 Å². The Labute approximate surface area is 196 Å². The molecule has 0 aromatic rings. The van der Waals surface area contributed by atoms with Gasteiger partial charge in [-0.3, -0.25) is 14.5 Å². The minimum Gasteiger partial charge on any atom is -0.390 e. The van der Waals surface area contributed by atoms with Crippen LogP contribution >= 0.6 is 11.8 Å². The fraction of sp³-hybridized carbons (Fsp3) is 0.909. The number of carbonyl (C=O) groups is 2. The second-order valence-electron chi connectivity index (χ2n) is 10.6. The largest absolute Gasteiger partial charge is 0.390 e. The Morgan fingerprint density at radius 2 is 1.94 bits per heavy atom. The van der Waals surface area contributed by atoms with Gasteiger partial charge in [-0.1, -0.05) is 6.92 Å². The van der Waals surface area contributed by atoms with E-state index in [-0.39, 0.29) is 34.9 Å². The van der Waals surface area contributed by atoms with E-state index < -0.39 is 27.9 Å². The Morgan fingerprint density at radius 3 is 2.53 bits per heavy atom. The number of carbonyl (C=O) groups excluding carboxylic acids is 2. The molecule has 3 aliphatic rings. The van der Waals surface area contributed by atoms with E-state index in [0.717, 1.165) is 25.1 Å². The number of nitrogens with one attached hydrogen (secondary N) is 2. The molecule has 0 bridgehead atoms. The van der Waals surface area contributed by atoms with Crippen LogP contribution in [0.15, 0.2) is 0 Å². The van der Waals surface area contributed by atoms with Crippen molar-refractivity contribution < 1.29 is 23.1 Å². The zero-order valence-corrected chi connectivity index (χ0v) is 21.3. The lowest BCUT2D eigenvalue weighted by Crippen LogP contribution is -2.60. The molecule has 6 atom stereocenters. The molecule has 32 heavy (non-hydrogen) atoms. The molecule has 3 rings (SSSR count). The van der Waals surface area contributed by atoms with Gasteiger partial charge in [-0.05, 0) is 58.1 Å². The fourth-order valence-corrected chi connectivity index (χ4v) is 8.32. The van der Waals surface area contributed by atoms with Gasteiger partial charge in [-0.25, -0.2) is 8.42 Å². The number of aliphatic hydroxyl groups excluding tert-OH is 1. The quantitative estimate of drug-likeness (QED) is 0.484. The molecular formula is C22H39N3O5S2. The molecule has 0 radical (unpaired) electrons. The maximum atomic E-state index is 13.1. The number of aliphatic hydroxyl groups is 1. The van der Waals surface area contributed by atoms with E-state index in [0.29, 0.717) is 30.6 Å². The molecule has 1 unspecified atom stereocenters. The van der Waals surface area contributed by atoms with Crippen LogP contribution in [0.3, 0.4) is 0 Å². The average molecular weight is 490 g/mol. The molecule has 184 valence electrons. The van der Waals surface area contributed by atoms with Gasteiger partial charge in [0.15, 0.2) is 9.84 Å². The van der Waals surface area contributed by atoms with Gasteiger partial charge < -0.3 is 15.7 Å². The molecule has 0 spiro atoms. The summed E-state index contributed by atoms with van der Waals surface area (Å²) in [5.41, 5.74) is -0.331. The van der Waals surface area contributed by atoms with Crippen LogP contribution in [0, 0.1) is 11.8 Å². The van der Waals surface area contributed by atoms with Gasteiger partial charge in [0.2, 0.25) is 11.8 Å². The Bertz CT molecular complexity index is 798. The summed E-state index contributed by atoms with van der Waals surface area (Å²) in [5.74, 6) is 0.698. The number of piperidine rings is 1. The van der Waals surface area contributed by atoms with Crippen LogP contribution in [0.4, 0.5) is 0 Å². The second kappa shape index (κ2) is 10.2. The van der Waals surface area contributed by atoms with Crippen molar-refractivity contribution in [2.75, 3.05) is 30.3 Å². The zero-order chi connectivity index (χ0) is 23.7. The van der Waals surface area contributed by atoms with Crippen LogP contribution < -0.4 is 10.6 Å². The van der Waals surface area contributed by atoms with E-state index in [1.807, 2.05) is 39.5 Å². The highest BCUT2D eigenvalue weighted by molar-refractivity contribution is 8.00. The number of sulfone groups is 1. The molecule has 3 N–H and O–H groups in total. The predicted molar refractivity (Wildman–Crippen MR) is 127 cm³/mol. The van der Waals surface area contributed by atoms with Crippen LogP contribution in [-0.4, -0.2) is 89.6 Å². The molecule has 0 aromatic heterocycles. The predicted octanol–water partition coefficient (Wildman–Crippen LogP) is 0.788. The highest BCUT2D eigenvalue weighted by Crippen LogP contribution is 2.40. The van der Waals surface area contributed by atoms with Crippen molar-refractivity contribution in [3.63, 3.8) is 0 Å². The van der Waals surface area contributed by atoms with Crippen molar-refractivity contribution in [2.45, 2.75) is 82.4 Å². The summed E-state index contributed by atoms with van der Waals surface area (Å²) in [6.07, 6.45) is 1.92. The van der Waals surface area contributed by atoms with Crippen molar-refractivity contribution in [3.05, 3.63) is 0 Å². The molecule has 10 heteroatoms. The van der Waals surface area contributed by atoms with E-state index in [4.69, 9.17) is 0 Å². The van der Waals surface area contributed by atoms with Gasteiger partial charge >= 0.3 is 0 Å². The highest BCUT2D eigenvalue weighted by atomic mass is 32.2. The van der Waals surface area contributed by atoms with E-state index in [1.54, 1.807) is 0 Å². The van der Waals surface area contributed by atoms with Gasteiger partial charge in [0.05, 0.1) is 35.6 Å². The van der Waals surface area contributed by atoms with E-state index in [1.165, 1.54) is 0 Å². The summed E-state index contributed by atoms with van der Waals surface area (Å²) in [5, 5.41) is 17.5. The minimum atomic E-state index is -3.14. The number of hydrogen-bond acceptors (Lipinski definition) is 7. The number of rotatable bonds is 7. The number of hydrogen-bond donors (Lipinski definition) is 3. The van der Waals surface area contributed by atoms with Gasteiger partial charge in [-0.15, -0.1) is 0 Å². The van der Waals surface area contributed by atoms with Crippen molar-refractivity contribution in [1.82, 2.24) is 15.5 Å². The lowest BCUT2D eigenvalue weighted by molar-refractivity contribution is -0.131. The summed E-state index contributed by atoms with van der Waals surface area (Å²) in [4.78, 5) is 27.8. The minimum absolute atomic E-state index is 0.0103. The summed E-state index contributed by atoms with van der Waals surface area (Å²) >= 11 is 1.94. The number of amides is 2. The lowest BCUT2D eigenvalue weighted by Gasteiger charge is -2.43. The molecular weight excluding hydrogens is 450 g/mol. The average Bonchev–Trinajstić information content (AvgIpc) is 3.29. The van der Waals surface area contributed by atoms with Gasteiger partial charge in [0.1, 0.15) is 0 Å². The molecule has 3 fully saturated rings. The number of nitrogens with zero attached hydrogens (tertiary/aromatic N) is 1. The third-order valence-corrected chi connectivity index (χ3v) is 10.0. The third-order valence-electron chi connectivity index (χ3n) is 6.77. The number of fused-ring (bicyclic) bond motifs is 1. The standard InChI is InChI=1S/C22H39N3O5S2/c1-5-16(23-20(27)15-7-9-32(29,30)13-15)18(26)12-25-11-14-6-8-31-19(14)10-17(25)21(28)24-22(2,3)4/h14-19,26H,5-13H2,1-4H3,(H,23,27)(H,24,28)/t14-,15?,16+,17+,18-,19+/m1/s1. The van der Waals surface area contributed by atoms with Crippen LogP contribution in [0.5, 0.6) is 0 Å². The molecule has 8 nitrogen and oxygen atoms in total. The third kappa shape index (κ3) is 6.61. The number of likely N-dealkylation sites (tertiary alicyclic amines) is 1. The molecule has 0 saturated carbocycles. The van der Waals surface area contributed by atoms with Crippen molar-refractivity contribution in [3.8, 4) is 0 Å². The molecule has 3 aliphatic heterocycles. The zero-order valence-electron chi connectivity index (χ0n) is 19.7. The first kappa shape index (κ1) is 25.8. The summed E-state index contributed by atoms with van der Waals surface area (Å²) in [6.45, 7) is 8.85. The first-order chi connectivity index (χ1) is 14.9.